The van der Waals surface area contributed by atoms with Crippen LogP contribution >= 0.6 is 0 Å². The minimum absolute atomic E-state index is 0.117. The highest BCUT2D eigenvalue weighted by Gasteiger charge is 2.20. The molecule has 92 valence electrons. The molecule has 5 heteroatoms. The predicted octanol–water partition coefficient (Wildman–Crippen LogP) is 1.01. The van der Waals surface area contributed by atoms with Gasteiger partial charge in [0.2, 0.25) is 0 Å². The average molecular weight is 243 g/mol. The Bertz CT molecular complexity index is 664. The van der Waals surface area contributed by atoms with E-state index < -0.39 is 0 Å². The first-order chi connectivity index (χ1) is 8.63. The van der Waals surface area contributed by atoms with Gasteiger partial charge in [-0.1, -0.05) is 6.07 Å². The summed E-state index contributed by atoms with van der Waals surface area (Å²) in [6.45, 7) is 1.45. The fourth-order valence-electron chi connectivity index (χ4n) is 2.20. The van der Waals surface area contributed by atoms with Crippen molar-refractivity contribution in [2.75, 3.05) is 4.90 Å². The van der Waals surface area contributed by atoms with E-state index in [2.05, 4.69) is 10.00 Å². The third-order valence-corrected chi connectivity index (χ3v) is 3.18. The molecule has 5 nitrogen and oxygen atoms in total. The molecule has 0 saturated carbocycles. The van der Waals surface area contributed by atoms with Gasteiger partial charge in [-0.25, -0.2) is 4.68 Å². The van der Waals surface area contributed by atoms with Gasteiger partial charge in [0.15, 0.2) is 0 Å². The van der Waals surface area contributed by atoms with Crippen molar-refractivity contribution in [3.05, 3.63) is 51.8 Å². The lowest BCUT2D eigenvalue weighted by molar-refractivity contribution is 0.474. The topological polar surface area (TPSA) is 58.4 Å². The monoisotopic (exact) mass is 243 g/mol. The first-order valence-corrected chi connectivity index (χ1v) is 5.73. The van der Waals surface area contributed by atoms with Gasteiger partial charge in [0, 0.05) is 26.2 Å². The minimum atomic E-state index is -0.117. The lowest BCUT2D eigenvalue weighted by Gasteiger charge is -2.16. The predicted molar refractivity (Wildman–Crippen MR) is 67.5 cm³/mol. The summed E-state index contributed by atoms with van der Waals surface area (Å²) in [5.41, 5.74) is 2.17. The number of phenols is 1. The molecule has 1 N–H and O–H groups in total. The van der Waals surface area contributed by atoms with Crippen molar-refractivity contribution in [1.82, 2.24) is 9.78 Å². The molecule has 0 spiro atoms. The number of aromatic nitrogens is 2. The number of rotatable bonds is 1. The SMILES string of the molecule is Cn1nc(N2Cc3ccc(O)cc3C2)ccc1=O. The van der Waals surface area contributed by atoms with Gasteiger partial charge < -0.3 is 10.0 Å². The number of hydrogen-bond acceptors (Lipinski definition) is 4. The highest BCUT2D eigenvalue weighted by atomic mass is 16.3. The Labute approximate surface area is 104 Å². The van der Waals surface area contributed by atoms with Crippen LogP contribution < -0.4 is 10.5 Å². The Balaban J connectivity index is 1.93. The summed E-state index contributed by atoms with van der Waals surface area (Å²) < 4.78 is 1.33. The van der Waals surface area contributed by atoms with Gasteiger partial charge in [0.25, 0.3) is 5.56 Å². The Hall–Kier alpha value is -2.30. The highest BCUT2D eigenvalue weighted by molar-refractivity contribution is 5.48. The van der Waals surface area contributed by atoms with Gasteiger partial charge in [0.1, 0.15) is 11.6 Å². The average Bonchev–Trinajstić information content (AvgIpc) is 2.75. The molecule has 0 bridgehead atoms. The van der Waals surface area contributed by atoms with Crippen LogP contribution in [-0.4, -0.2) is 14.9 Å². The molecular formula is C13H13N3O2. The lowest BCUT2D eigenvalue weighted by atomic mass is 10.1. The fourth-order valence-corrected chi connectivity index (χ4v) is 2.20. The van der Waals surface area contributed by atoms with Crippen LogP contribution in [0.2, 0.25) is 0 Å². The second kappa shape index (κ2) is 3.87. The van der Waals surface area contributed by atoms with Gasteiger partial charge >= 0.3 is 0 Å². The maximum Gasteiger partial charge on any atom is 0.266 e. The molecule has 0 amide bonds. The lowest BCUT2D eigenvalue weighted by Crippen LogP contribution is -2.23. The number of phenolic OH excluding ortho intramolecular Hbond substituents is 1. The van der Waals surface area contributed by atoms with Crippen molar-refractivity contribution < 1.29 is 5.11 Å². The highest BCUT2D eigenvalue weighted by Crippen LogP contribution is 2.28. The first kappa shape index (κ1) is 10.8. The third-order valence-electron chi connectivity index (χ3n) is 3.18. The number of aromatic hydroxyl groups is 1. The van der Waals surface area contributed by atoms with E-state index in [0.29, 0.717) is 6.54 Å². The third kappa shape index (κ3) is 1.73. The molecule has 2 aromatic rings. The Kier molecular flexibility index (Phi) is 2.33. The van der Waals surface area contributed by atoms with Crippen LogP contribution in [0.1, 0.15) is 11.1 Å². The standard InChI is InChI=1S/C13H13N3O2/c1-15-13(18)5-4-12(14-15)16-7-9-2-3-11(17)6-10(9)8-16/h2-6,17H,7-8H2,1H3. The molecule has 1 aliphatic rings. The maximum absolute atomic E-state index is 11.3. The molecule has 0 radical (unpaired) electrons. The van der Waals surface area contributed by atoms with E-state index in [-0.39, 0.29) is 11.3 Å². The van der Waals surface area contributed by atoms with E-state index in [1.54, 1.807) is 25.2 Å². The van der Waals surface area contributed by atoms with Gasteiger partial charge in [-0.3, -0.25) is 4.79 Å². The fraction of sp³-hybridized carbons (Fsp3) is 0.231. The number of aryl methyl sites for hydroxylation is 1. The zero-order valence-corrected chi connectivity index (χ0v) is 10.00. The number of anilines is 1. The van der Waals surface area contributed by atoms with E-state index in [4.69, 9.17) is 0 Å². The molecule has 3 rings (SSSR count). The van der Waals surface area contributed by atoms with E-state index in [1.165, 1.54) is 16.3 Å². The van der Waals surface area contributed by atoms with Crippen LogP contribution in [-0.2, 0) is 20.1 Å². The molecule has 0 aliphatic carbocycles. The van der Waals surface area contributed by atoms with E-state index in [9.17, 15) is 9.90 Å². The van der Waals surface area contributed by atoms with Crippen LogP contribution in [0.25, 0.3) is 0 Å². The molecule has 0 saturated heterocycles. The van der Waals surface area contributed by atoms with Crippen molar-refractivity contribution in [2.24, 2.45) is 7.05 Å². The molecule has 1 aliphatic heterocycles. The van der Waals surface area contributed by atoms with Crippen molar-refractivity contribution >= 4 is 5.82 Å². The molecule has 0 fully saturated rings. The Morgan fingerprint density at radius 2 is 1.94 bits per heavy atom. The van der Waals surface area contributed by atoms with Crippen LogP contribution in [0, 0.1) is 0 Å². The number of hydrogen-bond donors (Lipinski definition) is 1. The second-order valence-corrected chi connectivity index (χ2v) is 4.46. The molecule has 18 heavy (non-hydrogen) atoms. The van der Waals surface area contributed by atoms with Crippen molar-refractivity contribution in [1.29, 1.82) is 0 Å². The summed E-state index contributed by atoms with van der Waals surface area (Å²) in [5.74, 6) is 1.05. The molecule has 0 atom stereocenters. The summed E-state index contributed by atoms with van der Waals surface area (Å²) in [4.78, 5) is 13.4. The minimum Gasteiger partial charge on any atom is -0.508 e. The Morgan fingerprint density at radius 1 is 1.17 bits per heavy atom. The summed E-state index contributed by atoms with van der Waals surface area (Å²) in [5, 5.41) is 13.7. The summed E-state index contributed by atoms with van der Waals surface area (Å²) in [6, 6.07) is 8.64. The smallest absolute Gasteiger partial charge is 0.266 e. The molecule has 0 unspecified atom stereocenters. The molecule has 2 heterocycles. The van der Waals surface area contributed by atoms with Crippen molar-refractivity contribution in [3.63, 3.8) is 0 Å². The first-order valence-electron chi connectivity index (χ1n) is 5.73. The zero-order chi connectivity index (χ0) is 12.7. The van der Waals surface area contributed by atoms with Crippen LogP contribution in [0.15, 0.2) is 35.1 Å². The van der Waals surface area contributed by atoms with E-state index >= 15 is 0 Å². The quantitative estimate of drug-likeness (QED) is 0.812. The molecule has 1 aromatic heterocycles. The van der Waals surface area contributed by atoms with Gasteiger partial charge in [-0.2, -0.15) is 5.10 Å². The second-order valence-electron chi connectivity index (χ2n) is 4.46. The van der Waals surface area contributed by atoms with E-state index in [1.807, 2.05) is 6.07 Å². The number of fused-ring (bicyclic) bond motifs is 1. The van der Waals surface area contributed by atoms with E-state index in [0.717, 1.165) is 17.9 Å². The molecular weight excluding hydrogens is 230 g/mol. The van der Waals surface area contributed by atoms with Gasteiger partial charge in [-0.15, -0.1) is 0 Å². The van der Waals surface area contributed by atoms with Crippen molar-refractivity contribution in [3.8, 4) is 5.75 Å². The van der Waals surface area contributed by atoms with Gasteiger partial charge in [0.05, 0.1) is 0 Å². The number of benzene rings is 1. The number of nitrogens with zero attached hydrogens (tertiary/aromatic N) is 3. The van der Waals surface area contributed by atoms with Crippen molar-refractivity contribution in [2.45, 2.75) is 13.1 Å². The largest absolute Gasteiger partial charge is 0.508 e. The summed E-state index contributed by atoms with van der Waals surface area (Å²) in [6.07, 6.45) is 0. The normalized spacial score (nSPS) is 13.7. The summed E-state index contributed by atoms with van der Waals surface area (Å²) >= 11 is 0. The van der Waals surface area contributed by atoms with Crippen LogP contribution in [0.3, 0.4) is 0 Å². The van der Waals surface area contributed by atoms with Crippen LogP contribution in [0.4, 0.5) is 5.82 Å². The summed E-state index contributed by atoms with van der Waals surface area (Å²) in [7, 11) is 1.64. The van der Waals surface area contributed by atoms with Gasteiger partial charge in [-0.05, 0) is 29.3 Å². The molecule has 1 aromatic carbocycles. The maximum atomic E-state index is 11.3. The van der Waals surface area contributed by atoms with Crippen LogP contribution in [0.5, 0.6) is 5.75 Å². The Morgan fingerprint density at radius 3 is 2.72 bits per heavy atom. The zero-order valence-electron chi connectivity index (χ0n) is 10.00.